The van der Waals surface area contributed by atoms with E-state index in [9.17, 15) is 0 Å². The van der Waals surface area contributed by atoms with Gasteiger partial charge in [-0.15, -0.1) is 15.3 Å². The van der Waals surface area contributed by atoms with Crippen LogP contribution in [0.5, 0.6) is 16.7 Å². The van der Waals surface area contributed by atoms with E-state index >= 15 is 0 Å². The molecule has 0 unspecified atom stereocenters. The highest BCUT2D eigenvalue weighted by atomic mass is 32.2. The molecule has 0 amide bonds. The molecule has 0 aliphatic rings. The van der Waals surface area contributed by atoms with E-state index in [0.717, 1.165) is 16.3 Å². The Bertz CT molecular complexity index is 836. The lowest BCUT2D eigenvalue weighted by molar-refractivity contribution is 0.335. The van der Waals surface area contributed by atoms with E-state index in [1.807, 2.05) is 19.1 Å². The molecule has 132 valence electrons. The molecule has 0 bridgehead atoms. The number of hydrogen-bond donors (Lipinski definition) is 1. The Morgan fingerprint density at radius 1 is 1.20 bits per heavy atom. The van der Waals surface area contributed by atoms with E-state index in [0.29, 0.717) is 34.3 Å². The predicted octanol–water partition coefficient (Wildman–Crippen LogP) is 3.03. The summed E-state index contributed by atoms with van der Waals surface area (Å²) in [7, 11) is 3.22. The van der Waals surface area contributed by atoms with Crippen molar-refractivity contribution in [3.8, 4) is 28.1 Å². The average Bonchev–Trinajstić information content (AvgIpc) is 3.29. The van der Waals surface area contributed by atoms with Crippen molar-refractivity contribution in [1.82, 2.24) is 25.4 Å². The first kappa shape index (κ1) is 17.5. The molecule has 0 fully saturated rings. The van der Waals surface area contributed by atoms with Crippen LogP contribution in [0.1, 0.15) is 11.9 Å². The number of aromatic nitrogens is 5. The van der Waals surface area contributed by atoms with Crippen LogP contribution in [0, 0.1) is 0 Å². The molecule has 0 aliphatic carbocycles. The summed E-state index contributed by atoms with van der Waals surface area (Å²) in [6.45, 7) is 2.49. The minimum absolute atomic E-state index is 0.579. The third-order valence-electron chi connectivity index (χ3n) is 3.17. The molecule has 8 nitrogen and oxygen atoms in total. The number of ether oxygens (including phenoxy) is 3. The summed E-state index contributed by atoms with van der Waals surface area (Å²) in [4.78, 5) is 4.50. The van der Waals surface area contributed by atoms with Crippen LogP contribution in [0.3, 0.4) is 0 Å². The van der Waals surface area contributed by atoms with Gasteiger partial charge in [-0.1, -0.05) is 23.1 Å². The van der Waals surface area contributed by atoms with Crippen molar-refractivity contribution < 1.29 is 14.2 Å². The van der Waals surface area contributed by atoms with Gasteiger partial charge in [-0.2, -0.15) is 0 Å². The molecule has 0 saturated carbocycles. The van der Waals surface area contributed by atoms with Crippen LogP contribution in [0.25, 0.3) is 11.4 Å². The van der Waals surface area contributed by atoms with Gasteiger partial charge in [-0.3, -0.25) is 5.10 Å². The highest BCUT2D eigenvalue weighted by Gasteiger charge is 2.13. The van der Waals surface area contributed by atoms with Crippen molar-refractivity contribution in [2.45, 2.75) is 17.8 Å². The largest absolute Gasteiger partial charge is 0.497 e. The maximum Gasteiger partial charge on any atom is 0.294 e. The number of rotatable bonds is 8. The number of methoxy groups -OCH3 is 2. The number of benzene rings is 1. The highest BCUT2D eigenvalue weighted by molar-refractivity contribution is 7.98. The molecule has 2 aromatic heterocycles. The monoisotopic (exact) mass is 379 g/mol. The van der Waals surface area contributed by atoms with E-state index in [4.69, 9.17) is 14.2 Å². The average molecular weight is 379 g/mol. The Hall–Kier alpha value is -2.33. The van der Waals surface area contributed by atoms with Gasteiger partial charge in [0.2, 0.25) is 5.16 Å². The number of nitrogens with one attached hydrogen (secondary N) is 1. The van der Waals surface area contributed by atoms with Gasteiger partial charge in [0.15, 0.2) is 5.82 Å². The van der Waals surface area contributed by atoms with Crippen LogP contribution in [0.2, 0.25) is 0 Å². The molecule has 0 atom stereocenters. The van der Waals surface area contributed by atoms with Crippen LogP contribution in [-0.2, 0) is 5.75 Å². The normalized spacial score (nSPS) is 10.7. The van der Waals surface area contributed by atoms with Crippen molar-refractivity contribution in [3.05, 3.63) is 23.2 Å². The smallest absolute Gasteiger partial charge is 0.294 e. The molecule has 0 aliphatic heterocycles. The number of hydrogen-bond acceptors (Lipinski definition) is 9. The molecule has 2 heterocycles. The molecule has 0 saturated heterocycles. The zero-order chi connectivity index (χ0) is 17.6. The molecule has 3 aromatic rings. The van der Waals surface area contributed by atoms with Crippen LogP contribution in [0.15, 0.2) is 23.4 Å². The lowest BCUT2D eigenvalue weighted by Gasteiger charge is -2.07. The Morgan fingerprint density at radius 3 is 2.84 bits per heavy atom. The number of aromatic amines is 1. The molecule has 0 spiro atoms. The maximum absolute atomic E-state index is 5.40. The summed E-state index contributed by atoms with van der Waals surface area (Å²) in [5.41, 5.74) is 0.817. The van der Waals surface area contributed by atoms with Gasteiger partial charge in [0, 0.05) is 6.07 Å². The van der Waals surface area contributed by atoms with E-state index in [1.54, 1.807) is 20.3 Å². The number of thioether (sulfide) groups is 1. The molecule has 10 heteroatoms. The maximum atomic E-state index is 5.40. The summed E-state index contributed by atoms with van der Waals surface area (Å²) in [5.74, 6) is 2.64. The Morgan fingerprint density at radius 2 is 2.08 bits per heavy atom. The number of H-pyrrole nitrogens is 1. The van der Waals surface area contributed by atoms with Crippen LogP contribution in [-0.4, -0.2) is 46.2 Å². The first-order valence-electron chi connectivity index (χ1n) is 7.46. The fourth-order valence-corrected chi connectivity index (χ4v) is 3.56. The van der Waals surface area contributed by atoms with Gasteiger partial charge in [0.1, 0.15) is 16.5 Å². The standard InChI is InChI=1S/C15H17N5O3S2/c1-4-23-15-20-17-12(25-15)8-24-14-16-13(18-19-14)10-6-5-9(21-2)7-11(10)22-3/h5-7H,4,8H2,1-3H3,(H,16,18,19). The summed E-state index contributed by atoms with van der Waals surface area (Å²) >= 11 is 2.90. The van der Waals surface area contributed by atoms with Crippen LogP contribution >= 0.6 is 23.1 Å². The molecular formula is C15H17N5O3S2. The quantitative estimate of drug-likeness (QED) is 0.597. The van der Waals surface area contributed by atoms with Crippen molar-refractivity contribution in [2.75, 3.05) is 20.8 Å². The second kappa shape index (κ2) is 8.17. The SMILES string of the molecule is CCOc1nnc(CSc2n[nH]c(-c3ccc(OC)cc3OC)n2)s1. The molecule has 25 heavy (non-hydrogen) atoms. The zero-order valence-corrected chi connectivity index (χ0v) is 15.6. The molecule has 0 radical (unpaired) electrons. The van der Waals surface area contributed by atoms with Crippen molar-refractivity contribution >= 4 is 23.1 Å². The van der Waals surface area contributed by atoms with Crippen molar-refractivity contribution in [2.24, 2.45) is 0 Å². The predicted molar refractivity (Wildman–Crippen MR) is 95.6 cm³/mol. The van der Waals surface area contributed by atoms with E-state index in [2.05, 4.69) is 25.4 Å². The third kappa shape index (κ3) is 4.20. The van der Waals surface area contributed by atoms with Gasteiger partial charge in [0.05, 0.1) is 32.1 Å². The molecule has 1 aromatic carbocycles. The van der Waals surface area contributed by atoms with E-state index in [-0.39, 0.29) is 0 Å². The van der Waals surface area contributed by atoms with E-state index < -0.39 is 0 Å². The Balaban J connectivity index is 1.69. The third-order valence-corrected chi connectivity index (χ3v) is 5.05. The summed E-state index contributed by atoms with van der Waals surface area (Å²) < 4.78 is 15.9. The summed E-state index contributed by atoms with van der Waals surface area (Å²) in [6.07, 6.45) is 0. The van der Waals surface area contributed by atoms with Gasteiger partial charge in [0.25, 0.3) is 5.19 Å². The van der Waals surface area contributed by atoms with Crippen LogP contribution in [0.4, 0.5) is 0 Å². The van der Waals surface area contributed by atoms with E-state index in [1.165, 1.54) is 23.1 Å². The minimum Gasteiger partial charge on any atom is -0.497 e. The first-order valence-corrected chi connectivity index (χ1v) is 9.26. The van der Waals surface area contributed by atoms with Gasteiger partial charge >= 0.3 is 0 Å². The minimum atomic E-state index is 0.579. The second-order valence-corrected chi connectivity index (χ2v) is 6.68. The van der Waals surface area contributed by atoms with Crippen molar-refractivity contribution in [1.29, 1.82) is 0 Å². The topological polar surface area (TPSA) is 95.0 Å². The fraction of sp³-hybridized carbons (Fsp3) is 0.333. The number of nitrogens with zero attached hydrogens (tertiary/aromatic N) is 4. The van der Waals surface area contributed by atoms with Crippen LogP contribution < -0.4 is 14.2 Å². The molecule has 3 rings (SSSR count). The summed E-state index contributed by atoms with van der Waals surface area (Å²) in [6, 6.07) is 5.54. The fourth-order valence-electron chi connectivity index (χ4n) is 2.03. The first-order chi connectivity index (χ1) is 12.2. The lowest BCUT2D eigenvalue weighted by atomic mass is 10.2. The van der Waals surface area contributed by atoms with Gasteiger partial charge in [-0.25, -0.2) is 4.98 Å². The highest BCUT2D eigenvalue weighted by Crippen LogP contribution is 2.32. The Labute approximate surface area is 152 Å². The zero-order valence-electron chi connectivity index (χ0n) is 14.0. The van der Waals surface area contributed by atoms with Gasteiger partial charge in [-0.05, 0) is 19.1 Å². The van der Waals surface area contributed by atoms with Crippen molar-refractivity contribution in [3.63, 3.8) is 0 Å². The molecular weight excluding hydrogens is 362 g/mol. The van der Waals surface area contributed by atoms with Gasteiger partial charge < -0.3 is 14.2 Å². The molecule has 1 N–H and O–H groups in total. The lowest BCUT2D eigenvalue weighted by Crippen LogP contribution is -1.91. The Kier molecular flexibility index (Phi) is 5.71. The summed E-state index contributed by atoms with van der Waals surface area (Å²) in [5, 5.41) is 17.3. The second-order valence-electron chi connectivity index (χ2n) is 4.72.